The molecule has 0 unspecified atom stereocenters. The zero-order valence-corrected chi connectivity index (χ0v) is 15.6. The smallest absolute Gasteiger partial charge is 0.366 e. The maximum atomic E-state index is 13.3. The highest BCUT2D eigenvalue weighted by atomic mass is 19.4. The predicted molar refractivity (Wildman–Crippen MR) is 98.7 cm³/mol. The standard InChI is InChI=1S/C21H16F6N2O/c1-12-17(19(28)30)10-18(29(12)11-13-5-3-2-4-6-13)14-7-15(20(22,23)24)9-16(8-14)21(25,26)27/h2-10H,11H2,1H3,(H2,28,30). The molecule has 0 aliphatic heterocycles. The van der Waals surface area contributed by atoms with Crippen LogP contribution in [0.5, 0.6) is 0 Å². The molecule has 0 saturated carbocycles. The van der Waals surface area contributed by atoms with Crippen molar-refractivity contribution in [1.29, 1.82) is 0 Å². The molecular formula is C21H16F6N2O. The quantitative estimate of drug-likeness (QED) is 0.539. The molecule has 1 heterocycles. The van der Waals surface area contributed by atoms with E-state index in [1.165, 1.54) is 17.6 Å². The summed E-state index contributed by atoms with van der Waals surface area (Å²) in [6.07, 6.45) is -9.96. The first-order valence-corrected chi connectivity index (χ1v) is 8.71. The fraction of sp³-hybridized carbons (Fsp3) is 0.190. The molecule has 1 aromatic heterocycles. The van der Waals surface area contributed by atoms with Crippen LogP contribution in [0.2, 0.25) is 0 Å². The lowest BCUT2D eigenvalue weighted by Crippen LogP contribution is -2.13. The Kier molecular flexibility index (Phi) is 5.40. The van der Waals surface area contributed by atoms with Gasteiger partial charge in [0.05, 0.1) is 16.7 Å². The summed E-state index contributed by atoms with van der Waals surface area (Å²) in [4.78, 5) is 11.8. The lowest BCUT2D eigenvalue weighted by Gasteiger charge is -2.16. The molecular weight excluding hydrogens is 410 g/mol. The Labute approximate surface area is 167 Å². The first kappa shape index (κ1) is 21.5. The molecule has 0 atom stereocenters. The second kappa shape index (κ2) is 7.55. The van der Waals surface area contributed by atoms with E-state index in [4.69, 9.17) is 5.73 Å². The fourth-order valence-corrected chi connectivity index (χ4v) is 3.21. The molecule has 0 aliphatic rings. The van der Waals surface area contributed by atoms with Gasteiger partial charge in [-0.15, -0.1) is 0 Å². The Morgan fingerprint density at radius 1 is 0.900 bits per heavy atom. The van der Waals surface area contributed by atoms with Crippen molar-refractivity contribution >= 4 is 5.91 Å². The summed E-state index contributed by atoms with van der Waals surface area (Å²) in [7, 11) is 0. The van der Waals surface area contributed by atoms with Crippen molar-refractivity contribution in [3.63, 3.8) is 0 Å². The maximum Gasteiger partial charge on any atom is 0.416 e. The van der Waals surface area contributed by atoms with Crippen LogP contribution in [0.25, 0.3) is 11.3 Å². The SMILES string of the molecule is Cc1c(C(N)=O)cc(-c2cc(C(F)(F)F)cc(C(F)(F)F)c2)n1Cc1ccccc1. The normalized spacial score (nSPS) is 12.2. The number of aromatic nitrogens is 1. The number of benzene rings is 2. The average Bonchev–Trinajstić information content (AvgIpc) is 2.97. The number of halogens is 6. The van der Waals surface area contributed by atoms with Crippen LogP contribution in [0.1, 0.15) is 32.7 Å². The minimum atomic E-state index is -4.98. The first-order chi connectivity index (χ1) is 13.9. The Morgan fingerprint density at radius 3 is 1.90 bits per heavy atom. The van der Waals surface area contributed by atoms with Crippen LogP contribution in [-0.4, -0.2) is 10.5 Å². The topological polar surface area (TPSA) is 48.0 Å². The van der Waals surface area contributed by atoms with E-state index < -0.39 is 29.4 Å². The van der Waals surface area contributed by atoms with Gasteiger partial charge in [-0.1, -0.05) is 30.3 Å². The van der Waals surface area contributed by atoms with E-state index >= 15 is 0 Å². The number of primary amides is 1. The zero-order chi connectivity index (χ0) is 22.3. The number of alkyl halides is 6. The van der Waals surface area contributed by atoms with Crippen LogP contribution in [0.3, 0.4) is 0 Å². The van der Waals surface area contributed by atoms with Crippen molar-refractivity contribution in [2.24, 2.45) is 5.73 Å². The van der Waals surface area contributed by atoms with Crippen molar-refractivity contribution in [1.82, 2.24) is 4.57 Å². The van der Waals surface area contributed by atoms with Crippen molar-refractivity contribution < 1.29 is 31.1 Å². The van der Waals surface area contributed by atoms with Crippen LogP contribution < -0.4 is 5.73 Å². The fourth-order valence-electron chi connectivity index (χ4n) is 3.21. The van der Waals surface area contributed by atoms with Crippen LogP contribution in [0.4, 0.5) is 26.3 Å². The molecule has 3 aromatic rings. The highest BCUT2D eigenvalue weighted by molar-refractivity contribution is 5.95. The van der Waals surface area contributed by atoms with Crippen molar-refractivity contribution in [2.45, 2.75) is 25.8 Å². The highest BCUT2D eigenvalue weighted by Gasteiger charge is 2.37. The largest absolute Gasteiger partial charge is 0.416 e. The third-order valence-corrected chi connectivity index (χ3v) is 4.70. The van der Waals surface area contributed by atoms with E-state index in [-0.39, 0.29) is 29.4 Å². The average molecular weight is 426 g/mol. The first-order valence-electron chi connectivity index (χ1n) is 8.71. The number of amides is 1. The molecule has 0 spiro atoms. The van der Waals surface area contributed by atoms with Gasteiger partial charge in [-0.05, 0) is 42.3 Å². The molecule has 2 aromatic carbocycles. The molecule has 0 radical (unpaired) electrons. The van der Waals surface area contributed by atoms with Crippen LogP contribution in [0.15, 0.2) is 54.6 Å². The third kappa shape index (κ3) is 4.34. The minimum Gasteiger partial charge on any atom is -0.366 e. The molecule has 0 fully saturated rings. The summed E-state index contributed by atoms with van der Waals surface area (Å²) >= 11 is 0. The van der Waals surface area contributed by atoms with E-state index in [1.807, 2.05) is 0 Å². The monoisotopic (exact) mass is 426 g/mol. The number of carbonyl (C=O) groups is 1. The molecule has 3 rings (SSSR count). The summed E-state index contributed by atoms with van der Waals surface area (Å²) < 4.78 is 81.1. The van der Waals surface area contributed by atoms with E-state index in [0.717, 1.165) is 5.56 Å². The van der Waals surface area contributed by atoms with Crippen LogP contribution >= 0.6 is 0 Å². The maximum absolute atomic E-state index is 13.3. The summed E-state index contributed by atoms with van der Waals surface area (Å²) in [6.45, 7) is 1.66. The summed E-state index contributed by atoms with van der Waals surface area (Å²) in [5.41, 5.74) is 3.31. The molecule has 0 aliphatic carbocycles. The highest BCUT2D eigenvalue weighted by Crippen LogP contribution is 2.39. The number of carbonyl (C=O) groups excluding carboxylic acids is 1. The molecule has 158 valence electrons. The van der Waals surface area contributed by atoms with Gasteiger partial charge < -0.3 is 10.3 Å². The van der Waals surface area contributed by atoms with Gasteiger partial charge in [0.15, 0.2) is 0 Å². The van der Waals surface area contributed by atoms with Gasteiger partial charge in [0.25, 0.3) is 5.91 Å². The molecule has 0 bridgehead atoms. The van der Waals surface area contributed by atoms with E-state index in [2.05, 4.69) is 0 Å². The lowest BCUT2D eigenvalue weighted by molar-refractivity contribution is -0.143. The second-order valence-corrected chi connectivity index (χ2v) is 6.76. The van der Waals surface area contributed by atoms with E-state index in [1.54, 1.807) is 30.3 Å². The minimum absolute atomic E-state index is 0.0203. The van der Waals surface area contributed by atoms with Gasteiger partial charge in [-0.25, -0.2) is 0 Å². The van der Waals surface area contributed by atoms with Crippen molar-refractivity contribution in [3.05, 3.63) is 82.5 Å². The summed E-state index contributed by atoms with van der Waals surface area (Å²) in [6, 6.07) is 11.3. The molecule has 0 saturated heterocycles. The van der Waals surface area contributed by atoms with Gasteiger partial charge in [0, 0.05) is 17.9 Å². The van der Waals surface area contributed by atoms with Crippen LogP contribution in [0, 0.1) is 6.92 Å². The molecule has 30 heavy (non-hydrogen) atoms. The second-order valence-electron chi connectivity index (χ2n) is 6.76. The number of hydrogen-bond acceptors (Lipinski definition) is 1. The zero-order valence-electron chi connectivity index (χ0n) is 15.6. The third-order valence-electron chi connectivity index (χ3n) is 4.70. The Balaban J connectivity index is 2.26. The van der Waals surface area contributed by atoms with Crippen LogP contribution in [-0.2, 0) is 18.9 Å². The molecule has 9 heteroatoms. The molecule has 2 N–H and O–H groups in total. The predicted octanol–water partition coefficient (Wildman–Crippen LogP) is 5.65. The Bertz CT molecular complexity index is 1050. The Morgan fingerprint density at radius 2 is 1.43 bits per heavy atom. The van der Waals surface area contributed by atoms with Crippen molar-refractivity contribution in [3.8, 4) is 11.3 Å². The summed E-state index contributed by atoms with van der Waals surface area (Å²) in [5, 5.41) is 0. The summed E-state index contributed by atoms with van der Waals surface area (Å²) in [5.74, 6) is -0.830. The van der Waals surface area contributed by atoms with Gasteiger partial charge in [0.2, 0.25) is 0 Å². The van der Waals surface area contributed by atoms with E-state index in [9.17, 15) is 31.1 Å². The molecule has 1 amide bonds. The van der Waals surface area contributed by atoms with Gasteiger partial charge >= 0.3 is 12.4 Å². The number of nitrogens with zero attached hydrogens (tertiary/aromatic N) is 1. The molecule has 3 nitrogen and oxygen atoms in total. The van der Waals surface area contributed by atoms with Gasteiger partial charge in [-0.2, -0.15) is 26.3 Å². The number of hydrogen-bond donors (Lipinski definition) is 1. The van der Waals surface area contributed by atoms with E-state index in [0.29, 0.717) is 17.8 Å². The lowest BCUT2D eigenvalue weighted by atomic mass is 10.0. The van der Waals surface area contributed by atoms with Gasteiger partial charge in [-0.3, -0.25) is 4.79 Å². The number of nitrogens with two attached hydrogens (primary N) is 1. The van der Waals surface area contributed by atoms with Crippen molar-refractivity contribution in [2.75, 3.05) is 0 Å². The Hall–Kier alpha value is -3.23. The van der Waals surface area contributed by atoms with Gasteiger partial charge in [0.1, 0.15) is 0 Å². The number of rotatable bonds is 4.